The van der Waals surface area contributed by atoms with Gasteiger partial charge in [0, 0.05) is 24.3 Å². The quantitative estimate of drug-likeness (QED) is 0.483. The first-order valence-electron chi connectivity index (χ1n) is 8.95. The van der Waals surface area contributed by atoms with Crippen LogP contribution in [0.4, 0.5) is 5.69 Å². The maximum Gasteiger partial charge on any atom is 0.203 e. The van der Waals surface area contributed by atoms with Crippen molar-refractivity contribution in [1.29, 1.82) is 0 Å². The van der Waals surface area contributed by atoms with Crippen molar-refractivity contribution in [3.05, 3.63) is 53.6 Å². The van der Waals surface area contributed by atoms with Crippen LogP contribution < -0.4 is 19.1 Å². The number of nitrogens with zero attached hydrogens (tertiary/aromatic N) is 1. The largest absolute Gasteiger partial charge is 0.493 e. The van der Waals surface area contributed by atoms with Gasteiger partial charge < -0.3 is 19.1 Å². The van der Waals surface area contributed by atoms with Gasteiger partial charge in [-0.1, -0.05) is 18.2 Å². The second kappa shape index (κ2) is 9.67. The first kappa shape index (κ1) is 20.4. The Hall–Kier alpha value is -2.95. The molecule has 0 aromatic heterocycles. The van der Waals surface area contributed by atoms with E-state index in [4.69, 9.17) is 14.2 Å². The average molecular weight is 369 g/mol. The Balaban J connectivity index is 2.21. The molecule has 0 heterocycles. The van der Waals surface area contributed by atoms with Crippen molar-refractivity contribution in [3.8, 4) is 17.2 Å². The summed E-state index contributed by atoms with van der Waals surface area (Å²) in [5.74, 6) is 1.24. The molecular formula is C22H27NO4. The van der Waals surface area contributed by atoms with E-state index in [0.29, 0.717) is 22.8 Å². The highest BCUT2D eigenvalue weighted by molar-refractivity contribution is 6.07. The summed E-state index contributed by atoms with van der Waals surface area (Å²) in [7, 11) is 4.58. The van der Waals surface area contributed by atoms with E-state index >= 15 is 0 Å². The number of hydrogen-bond donors (Lipinski definition) is 0. The van der Waals surface area contributed by atoms with Gasteiger partial charge in [0.05, 0.1) is 21.3 Å². The number of carbonyl (C=O) groups excluding carboxylic acids is 1. The Bertz CT molecular complexity index is 767. The summed E-state index contributed by atoms with van der Waals surface area (Å²) < 4.78 is 15.9. The van der Waals surface area contributed by atoms with Gasteiger partial charge in [0.15, 0.2) is 17.3 Å². The lowest BCUT2D eigenvalue weighted by atomic mass is 10.1. The molecule has 27 heavy (non-hydrogen) atoms. The van der Waals surface area contributed by atoms with Crippen LogP contribution in [-0.2, 0) is 0 Å². The maximum atomic E-state index is 12.6. The summed E-state index contributed by atoms with van der Waals surface area (Å²) in [6.07, 6.45) is 3.35. The lowest BCUT2D eigenvalue weighted by Crippen LogP contribution is -2.21. The van der Waals surface area contributed by atoms with E-state index in [1.54, 1.807) is 24.3 Å². The van der Waals surface area contributed by atoms with Crippen molar-refractivity contribution >= 4 is 17.5 Å². The number of anilines is 1. The summed E-state index contributed by atoms with van der Waals surface area (Å²) >= 11 is 0. The number of rotatable bonds is 9. The van der Waals surface area contributed by atoms with E-state index in [-0.39, 0.29) is 5.78 Å². The molecule has 144 valence electrons. The van der Waals surface area contributed by atoms with Crippen molar-refractivity contribution in [3.63, 3.8) is 0 Å². The molecule has 2 aromatic carbocycles. The van der Waals surface area contributed by atoms with Gasteiger partial charge in [-0.15, -0.1) is 0 Å². The van der Waals surface area contributed by atoms with E-state index < -0.39 is 0 Å². The number of methoxy groups -OCH3 is 3. The highest BCUT2D eigenvalue weighted by Crippen LogP contribution is 2.38. The maximum absolute atomic E-state index is 12.6. The molecule has 5 heteroatoms. The van der Waals surface area contributed by atoms with Crippen molar-refractivity contribution in [1.82, 2.24) is 0 Å². The molecule has 2 rings (SSSR count). The molecule has 0 aliphatic rings. The van der Waals surface area contributed by atoms with Crippen LogP contribution in [-0.4, -0.2) is 40.2 Å². The Kier molecular flexibility index (Phi) is 7.29. The van der Waals surface area contributed by atoms with Crippen molar-refractivity contribution in [2.75, 3.05) is 39.3 Å². The van der Waals surface area contributed by atoms with Crippen LogP contribution in [0.25, 0.3) is 6.08 Å². The third-order valence-corrected chi connectivity index (χ3v) is 4.40. The number of carbonyl (C=O) groups is 1. The zero-order valence-electron chi connectivity index (χ0n) is 16.6. The van der Waals surface area contributed by atoms with Gasteiger partial charge in [-0.2, -0.15) is 0 Å². The van der Waals surface area contributed by atoms with Gasteiger partial charge in [-0.25, -0.2) is 0 Å². The smallest absolute Gasteiger partial charge is 0.203 e. The molecule has 0 aliphatic carbocycles. The minimum absolute atomic E-state index is 0.137. The number of hydrogen-bond acceptors (Lipinski definition) is 5. The van der Waals surface area contributed by atoms with Gasteiger partial charge in [-0.3, -0.25) is 4.79 Å². The molecule has 0 unspecified atom stereocenters. The summed E-state index contributed by atoms with van der Waals surface area (Å²) in [5, 5.41) is 0. The van der Waals surface area contributed by atoms with Crippen LogP contribution in [0.5, 0.6) is 17.2 Å². The number of benzene rings is 2. The van der Waals surface area contributed by atoms with Crippen LogP contribution in [0.15, 0.2) is 42.5 Å². The minimum atomic E-state index is -0.137. The zero-order chi connectivity index (χ0) is 19.8. The predicted molar refractivity (Wildman–Crippen MR) is 109 cm³/mol. The van der Waals surface area contributed by atoms with Crippen LogP contribution in [0.3, 0.4) is 0 Å². The number of ether oxygens (including phenoxy) is 3. The molecule has 0 spiro atoms. The Morgan fingerprint density at radius 2 is 1.48 bits per heavy atom. The van der Waals surface area contributed by atoms with Crippen LogP contribution >= 0.6 is 0 Å². The Morgan fingerprint density at radius 3 is 1.93 bits per heavy atom. The lowest BCUT2D eigenvalue weighted by molar-refractivity contribution is 0.104. The summed E-state index contributed by atoms with van der Waals surface area (Å²) in [6.45, 7) is 6.19. The topological polar surface area (TPSA) is 48.0 Å². The SMILES string of the molecule is CCN(CC)c1ccc(/C=C/C(=O)c2cc(OC)c(OC)c(OC)c2)cc1. The van der Waals surface area contributed by atoms with Gasteiger partial charge in [0.1, 0.15) is 0 Å². The highest BCUT2D eigenvalue weighted by Gasteiger charge is 2.15. The molecule has 2 aromatic rings. The molecule has 0 bridgehead atoms. The number of ketones is 1. The molecule has 0 radical (unpaired) electrons. The van der Waals surface area contributed by atoms with Crippen LogP contribution in [0.2, 0.25) is 0 Å². The number of allylic oxidation sites excluding steroid dienone is 1. The van der Waals surface area contributed by atoms with Crippen LogP contribution in [0, 0.1) is 0 Å². The molecule has 0 atom stereocenters. The lowest BCUT2D eigenvalue weighted by Gasteiger charge is -2.20. The Morgan fingerprint density at radius 1 is 0.926 bits per heavy atom. The average Bonchev–Trinajstić information content (AvgIpc) is 2.72. The molecule has 5 nitrogen and oxygen atoms in total. The van der Waals surface area contributed by atoms with Gasteiger partial charge >= 0.3 is 0 Å². The molecule has 0 saturated carbocycles. The fourth-order valence-electron chi connectivity index (χ4n) is 2.88. The normalized spacial score (nSPS) is 10.7. The summed E-state index contributed by atoms with van der Waals surface area (Å²) in [6, 6.07) is 11.4. The van der Waals surface area contributed by atoms with Crippen molar-refractivity contribution in [2.45, 2.75) is 13.8 Å². The third-order valence-electron chi connectivity index (χ3n) is 4.40. The van der Waals surface area contributed by atoms with E-state index in [2.05, 4.69) is 30.9 Å². The highest BCUT2D eigenvalue weighted by atomic mass is 16.5. The summed E-state index contributed by atoms with van der Waals surface area (Å²) in [4.78, 5) is 14.8. The van der Waals surface area contributed by atoms with Gasteiger partial charge in [-0.05, 0) is 49.8 Å². The van der Waals surface area contributed by atoms with Gasteiger partial charge in [0.25, 0.3) is 0 Å². The molecule has 0 amide bonds. The van der Waals surface area contributed by atoms with Crippen molar-refractivity contribution in [2.24, 2.45) is 0 Å². The second-order valence-corrected chi connectivity index (χ2v) is 5.88. The molecule has 0 fully saturated rings. The van der Waals surface area contributed by atoms with E-state index in [9.17, 15) is 4.79 Å². The molecule has 0 N–H and O–H groups in total. The fraction of sp³-hybridized carbons (Fsp3) is 0.318. The molecule has 0 saturated heterocycles. The van der Waals surface area contributed by atoms with E-state index in [0.717, 1.165) is 18.7 Å². The Labute approximate surface area is 161 Å². The summed E-state index contributed by atoms with van der Waals surface area (Å²) in [5.41, 5.74) is 2.61. The van der Waals surface area contributed by atoms with Gasteiger partial charge in [0.2, 0.25) is 5.75 Å². The predicted octanol–water partition coefficient (Wildman–Crippen LogP) is 4.45. The molecular weight excluding hydrogens is 342 g/mol. The van der Waals surface area contributed by atoms with E-state index in [1.165, 1.54) is 27.0 Å². The fourth-order valence-corrected chi connectivity index (χ4v) is 2.88. The second-order valence-electron chi connectivity index (χ2n) is 5.88. The first-order chi connectivity index (χ1) is 13.1. The third kappa shape index (κ3) is 4.82. The minimum Gasteiger partial charge on any atom is -0.493 e. The zero-order valence-corrected chi connectivity index (χ0v) is 16.6. The van der Waals surface area contributed by atoms with E-state index in [1.807, 2.05) is 12.1 Å². The standard InChI is InChI=1S/C22H27NO4/c1-6-23(7-2)18-11-8-16(9-12-18)10-13-19(24)17-14-20(25-3)22(27-5)21(15-17)26-4/h8-15H,6-7H2,1-5H3/b13-10+. The van der Waals surface area contributed by atoms with Crippen LogP contribution in [0.1, 0.15) is 29.8 Å². The molecule has 0 aliphatic heterocycles. The monoisotopic (exact) mass is 369 g/mol. The van der Waals surface area contributed by atoms with Crippen molar-refractivity contribution < 1.29 is 19.0 Å². The first-order valence-corrected chi connectivity index (χ1v) is 8.95.